The maximum absolute atomic E-state index is 13.1. The maximum atomic E-state index is 13.1. The minimum Gasteiger partial charge on any atom is -0.491 e. The first-order valence-electron chi connectivity index (χ1n) is 11.0. The van der Waals surface area contributed by atoms with E-state index in [4.69, 9.17) is 22.1 Å². The van der Waals surface area contributed by atoms with E-state index in [9.17, 15) is 22.8 Å². The van der Waals surface area contributed by atoms with Crippen LogP contribution in [0.5, 0.6) is 5.75 Å². The van der Waals surface area contributed by atoms with Crippen LogP contribution in [0.3, 0.4) is 0 Å². The first-order valence-corrected chi connectivity index (χ1v) is 11.3. The number of nitrogens with zero attached hydrogens (tertiary/aromatic N) is 5. The number of alkyl halides is 3. The summed E-state index contributed by atoms with van der Waals surface area (Å²) in [6, 6.07) is 2.62. The number of ether oxygens (including phenoxy) is 2. The van der Waals surface area contributed by atoms with Crippen LogP contribution in [-0.4, -0.2) is 55.6 Å². The number of hydrogen-bond acceptors (Lipinski definition) is 8. The number of aromatic nitrogens is 5. The number of fused-ring (bicyclic) bond motifs is 2. The quantitative estimate of drug-likeness (QED) is 0.325. The SMILES string of the molecule is CCOc1c(C(C)NC(=O)c2c(N)nn3cccnc23)cc(Cl)c2cn(CCOC(=O)C(F)(F)F)nc12. The molecule has 0 saturated heterocycles. The predicted molar refractivity (Wildman–Crippen MR) is 126 cm³/mol. The van der Waals surface area contributed by atoms with Gasteiger partial charge in [-0.15, -0.1) is 5.10 Å². The van der Waals surface area contributed by atoms with E-state index in [1.54, 1.807) is 32.2 Å². The van der Waals surface area contributed by atoms with Crippen LogP contribution in [0.1, 0.15) is 35.8 Å². The van der Waals surface area contributed by atoms with Gasteiger partial charge in [0.25, 0.3) is 5.91 Å². The summed E-state index contributed by atoms with van der Waals surface area (Å²) in [5.41, 5.74) is 7.16. The zero-order valence-electron chi connectivity index (χ0n) is 19.5. The van der Waals surface area contributed by atoms with Crippen molar-refractivity contribution in [3.63, 3.8) is 0 Å². The van der Waals surface area contributed by atoms with Crippen LogP contribution in [-0.2, 0) is 16.1 Å². The monoisotopic (exact) mass is 539 g/mol. The first-order chi connectivity index (χ1) is 17.5. The lowest BCUT2D eigenvalue weighted by Gasteiger charge is -2.19. The van der Waals surface area contributed by atoms with Crippen LogP contribution in [0.15, 0.2) is 30.7 Å². The summed E-state index contributed by atoms with van der Waals surface area (Å²) in [6.07, 6.45) is -0.460. The van der Waals surface area contributed by atoms with E-state index >= 15 is 0 Å². The van der Waals surface area contributed by atoms with Crippen molar-refractivity contribution in [2.45, 2.75) is 32.6 Å². The molecule has 0 fully saturated rings. The highest BCUT2D eigenvalue weighted by Gasteiger charge is 2.40. The van der Waals surface area contributed by atoms with Gasteiger partial charge in [0.2, 0.25) is 0 Å². The van der Waals surface area contributed by atoms with Gasteiger partial charge in [-0.3, -0.25) is 9.48 Å². The highest BCUT2D eigenvalue weighted by molar-refractivity contribution is 6.35. The summed E-state index contributed by atoms with van der Waals surface area (Å²) in [5, 5.41) is 12.0. The van der Waals surface area contributed by atoms with Gasteiger partial charge in [0, 0.05) is 29.5 Å². The number of nitrogens with two attached hydrogens (primary N) is 1. The second kappa shape index (κ2) is 10.1. The van der Waals surface area contributed by atoms with Crippen molar-refractivity contribution < 1.29 is 32.2 Å². The average molecular weight is 540 g/mol. The topological polar surface area (TPSA) is 139 Å². The fraction of sp³-hybridized carbons (Fsp3) is 0.318. The molecule has 15 heteroatoms. The predicted octanol–water partition coefficient (Wildman–Crippen LogP) is 3.31. The Morgan fingerprint density at radius 2 is 2.05 bits per heavy atom. The summed E-state index contributed by atoms with van der Waals surface area (Å²) in [4.78, 5) is 28.2. The fourth-order valence-corrected chi connectivity index (χ4v) is 3.95. The van der Waals surface area contributed by atoms with Gasteiger partial charge in [-0.2, -0.15) is 18.3 Å². The number of rotatable bonds is 8. The second-order valence-corrected chi connectivity index (χ2v) is 8.25. The van der Waals surface area contributed by atoms with Crippen molar-refractivity contribution in [3.8, 4) is 5.75 Å². The summed E-state index contributed by atoms with van der Waals surface area (Å²) in [7, 11) is 0. The molecule has 0 aliphatic rings. The lowest BCUT2D eigenvalue weighted by atomic mass is 10.0. The van der Waals surface area contributed by atoms with Crippen LogP contribution in [0.4, 0.5) is 19.0 Å². The van der Waals surface area contributed by atoms with Gasteiger partial charge in [0.1, 0.15) is 17.7 Å². The molecular formula is C22H21ClF3N7O4. The zero-order valence-corrected chi connectivity index (χ0v) is 20.3. The Balaban J connectivity index is 1.61. The van der Waals surface area contributed by atoms with Gasteiger partial charge >= 0.3 is 12.1 Å². The van der Waals surface area contributed by atoms with E-state index < -0.39 is 30.7 Å². The van der Waals surface area contributed by atoms with Crippen LogP contribution in [0, 0.1) is 0 Å². The Kier molecular flexibility index (Phi) is 7.12. The number of hydrogen-bond donors (Lipinski definition) is 2. The van der Waals surface area contributed by atoms with Crippen molar-refractivity contribution >= 4 is 45.8 Å². The molecule has 1 aromatic carbocycles. The molecule has 0 radical (unpaired) electrons. The third-order valence-corrected chi connectivity index (χ3v) is 5.63. The summed E-state index contributed by atoms with van der Waals surface area (Å²) >= 11 is 6.48. The van der Waals surface area contributed by atoms with Crippen molar-refractivity contribution in [2.24, 2.45) is 0 Å². The molecule has 3 aromatic heterocycles. The van der Waals surface area contributed by atoms with Crippen LogP contribution >= 0.6 is 11.6 Å². The Hall–Kier alpha value is -4.07. The summed E-state index contributed by atoms with van der Waals surface area (Å²) in [5.74, 6) is -2.47. The molecule has 0 bridgehead atoms. The van der Waals surface area contributed by atoms with Gasteiger partial charge in [0.05, 0.1) is 24.2 Å². The lowest BCUT2D eigenvalue weighted by molar-refractivity contribution is -0.199. The van der Waals surface area contributed by atoms with E-state index in [1.807, 2.05) is 0 Å². The first kappa shape index (κ1) is 26.0. The molecule has 1 amide bonds. The van der Waals surface area contributed by atoms with Crippen molar-refractivity contribution in [3.05, 3.63) is 46.9 Å². The number of halogens is 4. The Morgan fingerprint density at radius 1 is 1.30 bits per heavy atom. The molecule has 0 aliphatic heterocycles. The number of carbonyl (C=O) groups is 2. The Morgan fingerprint density at radius 3 is 2.76 bits per heavy atom. The molecule has 37 heavy (non-hydrogen) atoms. The van der Waals surface area contributed by atoms with E-state index in [2.05, 4.69) is 25.2 Å². The lowest BCUT2D eigenvalue weighted by Crippen LogP contribution is -2.27. The third kappa shape index (κ3) is 5.23. The number of carbonyl (C=O) groups excluding carboxylic acids is 2. The smallest absolute Gasteiger partial charge is 0.490 e. The normalized spacial score (nSPS) is 12.6. The van der Waals surface area contributed by atoms with E-state index in [-0.39, 0.29) is 35.2 Å². The molecule has 4 aromatic rings. The van der Waals surface area contributed by atoms with Gasteiger partial charge in [0.15, 0.2) is 17.2 Å². The molecule has 4 rings (SSSR count). The molecular weight excluding hydrogens is 519 g/mol. The molecule has 1 atom stereocenters. The molecule has 196 valence electrons. The molecule has 0 saturated carbocycles. The molecule has 0 aliphatic carbocycles. The van der Waals surface area contributed by atoms with Crippen LogP contribution in [0.25, 0.3) is 16.6 Å². The molecule has 3 N–H and O–H groups in total. The van der Waals surface area contributed by atoms with E-state index in [0.717, 1.165) is 0 Å². The van der Waals surface area contributed by atoms with Gasteiger partial charge in [-0.25, -0.2) is 14.3 Å². The molecule has 11 nitrogen and oxygen atoms in total. The van der Waals surface area contributed by atoms with Gasteiger partial charge < -0.3 is 20.5 Å². The Bertz CT molecular complexity index is 1480. The number of benzene rings is 1. The summed E-state index contributed by atoms with van der Waals surface area (Å²) < 4.78 is 49.8. The number of amides is 1. The largest absolute Gasteiger partial charge is 0.491 e. The number of esters is 1. The standard InChI is InChI=1S/C22H21ClF3N7O4/c1-3-36-17-12(11(2)29-20(34)15-18(27)31-33-6-4-5-28-19(15)33)9-14(23)13-10-32(30-16(13)17)7-8-37-21(35)22(24,25)26/h4-6,9-11H,3,7-8H2,1-2H3,(H2,27,31)(H,29,34). The van der Waals surface area contributed by atoms with Crippen molar-refractivity contribution in [1.29, 1.82) is 0 Å². The van der Waals surface area contributed by atoms with E-state index in [1.165, 1.54) is 21.6 Å². The summed E-state index contributed by atoms with van der Waals surface area (Å²) in [6.45, 7) is 3.02. The third-order valence-electron chi connectivity index (χ3n) is 5.32. The van der Waals surface area contributed by atoms with Crippen LogP contribution in [0.2, 0.25) is 5.02 Å². The number of anilines is 1. The van der Waals surface area contributed by atoms with Gasteiger partial charge in [-0.1, -0.05) is 11.6 Å². The van der Waals surface area contributed by atoms with Crippen LogP contribution < -0.4 is 15.8 Å². The Labute approximate surface area is 212 Å². The van der Waals surface area contributed by atoms with Gasteiger partial charge in [-0.05, 0) is 26.0 Å². The molecule has 1 unspecified atom stereocenters. The van der Waals surface area contributed by atoms with Crippen molar-refractivity contribution in [2.75, 3.05) is 18.9 Å². The highest BCUT2D eigenvalue weighted by Crippen LogP contribution is 2.38. The minimum atomic E-state index is -5.08. The zero-order chi connectivity index (χ0) is 26.9. The average Bonchev–Trinajstić information content (AvgIpc) is 3.40. The minimum absolute atomic E-state index is 0.00637. The maximum Gasteiger partial charge on any atom is 0.490 e. The second-order valence-electron chi connectivity index (χ2n) is 7.84. The van der Waals surface area contributed by atoms with E-state index in [0.29, 0.717) is 22.2 Å². The molecule has 3 heterocycles. The number of nitrogen functional groups attached to an aromatic ring is 1. The molecule has 0 spiro atoms. The van der Waals surface area contributed by atoms with Crippen molar-refractivity contribution in [1.82, 2.24) is 29.7 Å². The fourth-order valence-electron chi connectivity index (χ4n) is 3.69. The number of nitrogens with one attached hydrogen (secondary N) is 1. The highest BCUT2D eigenvalue weighted by atomic mass is 35.5.